The first kappa shape index (κ1) is 14.2. The molecule has 0 aliphatic rings. The molecular formula is C20H18N2S. The number of pyridine rings is 1. The fourth-order valence-electron chi connectivity index (χ4n) is 3.17. The quantitative estimate of drug-likeness (QED) is 0.461. The first-order valence-corrected chi connectivity index (χ1v) is 8.67. The molecule has 0 saturated heterocycles. The van der Waals surface area contributed by atoms with E-state index in [-0.39, 0.29) is 0 Å². The lowest BCUT2D eigenvalue weighted by Crippen LogP contribution is -2.25. The highest BCUT2D eigenvalue weighted by atomic mass is 32.1. The smallest absolute Gasteiger partial charge is 0.0599 e. The van der Waals surface area contributed by atoms with Crippen molar-refractivity contribution < 1.29 is 0 Å². The van der Waals surface area contributed by atoms with E-state index in [1.54, 1.807) is 0 Å². The molecule has 0 spiro atoms. The van der Waals surface area contributed by atoms with Crippen LogP contribution in [0.3, 0.4) is 0 Å². The van der Waals surface area contributed by atoms with Crippen LogP contribution in [0, 0.1) is 0 Å². The van der Waals surface area contributed by atoms with Crippen LogP contribution in [0.4, 0.5) is 11.4 Å². The second-order valence-corrected chi connectivity index (χ2v) is 7.01. The molecule has 0 aliphatic heterocycles. The van der Waals surface area contributed by atoms with Crippen LogP contribution in [0.15, 0.2) is 67.0 Å². The molecule has 0 bridgehead atoms. The van der Waals surface area contributed by atoms with Crippen LogP contribution in [0.1, 0.15) is 13.8 Å². The van der Waals surface area contributed by atoms with Crippen molar-refractivity contribution in [2.24, 2.45) is 0 Å². The molecule has 0 unspecified atom stereocenters. The summed E-state index contributed by atoms with van der Waals surface area (Å²) in [5.74, 6) is 0. The van der Waals surface area contributed by atoms with Gasteiger partial charge in [-0.05, 0) is 44.2 Å². The van der Waals surface area contributed by atoms with Gasteiger partial charge in [-0.15, -0.1) is 11.3 Å². The van der Waals surface area contributed by atoms with Gasteiger partial charge < -0.3 is 4.90 Å². The van der Waals surface area contributed by atoms with Gasteiger partial charge in [-0.25, -0.2) is 0 Å². The Morgan fingerprint density at radius 1 is 0.913 bits per heavy atom. The van der Waals surface area contributed by atoms with Gasteiger partial charge in [0, 0.05) is 32.4 Å². The molecule has 4 aromatic rings. The van der Waals surface area contributed by atoms with Gasteiger partial charge in [0.05, 0.1) is 17.6 Å². The fraction of sp³-hybridized carbons (Fsp3) is 0.150. The number of benzene rings is 2. The van der Waals surface area contributed by atoms with Gasteiger partial charge >= 0.3 is 0 Å². The van der Waals surface area contributed by atoms with Gasteiger partial charge in [-0.3, -0.25) is 4.98 Å². The third-order valence-electron chi connectivity index (χ3n) is 4.08. The van der Waals surface area contributed by atoms with Gasteiger partial charge in [0.15, 0.2) is 0 Å². The third kappa shape index (κ3) is 2.37. The molecule has 2 heterocycles. The highest BCUT2D eigenvalue weighted by molar-refractivity contribution is 7.25. The van der Waals surface area contributed by atoms with Gasteiger partial charge in [0.2, 0.25) is 0 Å². The SMILES string of the molecule is CC(C)N(c1cccnc1)c1cccc2sc3ccccc3c12. The molecule has 114 valence electrons. The van der Waals surface area contributed by atoms with E-state index in [9.17, 15) is 0 Å². The van der Waals surface area contributed by atoms with Gasteiger partial charge in [0.1, 0.15) is 0 Å². The van der Waals surface area contributed by atoms with E-state index in [4.69, 9.17) is 0 Å². The monoisotopic (exact) mass is 318 g/mol. The van der Waals surface area contributed by atoms with Gasteiger partial charge in [-0.2, -0.15) is 0 Å². The predicted octanol–water partition coefficient (Wildman–Crippen LogP) is 6.00. The first-order chi connectivity index (χ1) is 11.3. The lowest BCUT2D eigenvalue weighted by atomic mass is 10.1. The number of nitrogens with zero attached hydrogens (tertiary/aromatic N) is 2. The fourth-order valence-corrected chi connectivity index (χ4v) is 4.30. The molecule has 0 amide bonds. The number of aromatic nitrogens is 1. The summed E-state index contributed by atoms with van der Waals surface area (Å²) in [5.41, 5.74) is 2.38. The Kier molecular flexibility index (Phi) is 3.50. The molecule has 0 radical (unpaired) electrons. The lowest BCUT2D eigenvalue weighted by Gasteiger charge is -2.29. The summed E-state index contributed by atoms with van der Waals surface area (Å²) in [6.45, 7) is 4.45. The van der Waals surface area contributed by atoms with Crippen molar-refractivity contribution in [3.63, 3.8) is 0 Å². The van der Waals surface area contributed by atoms with E-state index in [0.717, 1.165) is 5.69 Å². The standard InChI is InChI=1S/C20H18N2S/c1-14(2)22(15-7-6-12-21-13-15)17-9-5-11-19-20(17)16-8-3-4-10-18(16)23-19/h3-14H,1-2H3. The number of fused-ring (bicyclic) bond motifs is 3. The van der Waals surface area contributed by atoms with Crippen molar-refractivity contribution in [2.45, 2.75) is 19.9 Å². The van der Waals surface area contributed by atoms with Crippen LogP contribution in [-0.4, -0.2) is 11.0 Å². The number of anilines is 2. The Labute approximate surface area is 140 Å². The summed E-state index contributed by atoms with van der Waals surface area (Å²) in [6.07, 6.45) is 3.76. The Hall–Kier alpha value is -2.39. The number of rotatable bonds is 3. The molecular weight excluding hydrogens is 300 g/mol. The maximum Gasteiger partial charge on any atom is 0.0599 e. The summed E-state index contributed by atoms with van der Waals surface area (Å²) in [7, 11) is 0. The zero-order valence-electron chi connectivity index (χ0n) is 13.2. The van der Waals surface area contributed by atoms with E-state index in [1.807, 2.05) is 29.8 Å². The van der Waals surface area contributed by atoms with Crippen LogP contribution in [0.5, 0.6) is 0 Å². The summed E-state index contributed by atoms with van der Waals surface area (Å²) in [5, 5.41) is 2.67. The molecule has 0 fully saturated rings. The minimum atomic E-state index is 0.350. The molecule has 2 aromatic heterocycles. The summed E-state index contributed by atoms with van der Waals surface area (Å²) >= 11 is 1.86. The zero-order valence-corrected chi connectivity index (χ0v) is 14.0. The Morgan fingerprint density at radius 2 is 1.74 bits per heavy atom. The van der Waals surface area contributed by atoms with Crippen molar-refractivity contribution in [1.82, 2.24) is 4.98 Å². The van der Waals surface area contributed by atoms with E-state index in [0.29, 0.717) is 6.04 Å². The van der Waals surface area contributed by atoms with Crippen molar-refractivity contribution in [2.75, 3.05) is 4.90 Å². The van der Waals surface area contributed by atoms with Crippen molar-refractivity contribution in [1.29, 1.82) is 0 Å². The molecule has 3 heteroatoms. The zero-order chi connectivity index (χ0) is 15.8. The number of hydrogen-bond donors (Lipinski definition) is 0. The van der Waals surface area contributed by atoms with Gasteiger partial charge in [0.25, 0.3) is 0 Å². The van der Waals surface area contributed by atoms with Crippen LogP contribution in [0.25, 0.3) is 20.2 Å². The van der Waals surface area contributed by atoms with Crippen molar-refractivity contribution in [3.8, 4) is 0 Å². The lowest BCUT2D eigenvalue weighted by molar-refractivity contribution is 0.790. The molecule has 4 rings (SSSR count). The molecule has 0 aliphatic carbocycles. The Morgan fingerprint density at radius 3 is 2.52 bits per heavy atom. The first-order valence-electron chi connectivity index (χ1n) is 7.85. The largest absolute Gasteiger partial charge is 0.337 e. The third-order valence-corrected chi connectivity index (χ3v) is 5.22. The Balaban J connectivity index is 2.03. The summed E-state index contributed by atoms with van der Waals surface area (Å²) in [6, 6.07) is 19.7. The van der Waals surface area contributed by atoms with E-state index >= 15 is 0 Å². The van der Waals surface area contributed by atoms with Gasteiger partial charge in [-0.1, -0.05) is 24.3 Å². The number of thiophene rings is 1. The van der Waals surface area contributed by atoms with E-state index in [1.165, 1.54) is 25.9 Å². The molecule has 0 saturated carbocycles. The molecule has 2 aromatic carbocycles. The molecule has 2 nitrogen and oxygen atoms in total. The second kappa shape index (κ2) is 5.67. The minimum Gasteiger partial charge on any atom is -0.337 e. The van der Waals surface area contributed by atoms with Crippen LogP contribution < -0.4 is 4.90 Å². The average Bonchev–Trinajstić information content (AvgIpc) is 2.95. The highest BCUT2D eigenvalue weighted by Crippen LogP contribution is 2.42. The average molecular weight is 318 g/mol. The Bertz CT molecular complexity index is 957. The predicted molar refractivity (Wildman–Crippen MR) is 101 cm³/mol. The number of hydrogen-bond acceptors (Lipinski definition) is 3. The summed E-state index contributed by atoms with van der Waals surface area (Å²) < 4.78 is 2.67. The van der Waals surface area contributed by atoms with E-state index in [2.05, 4.69) is 72.3 Å². The maximum absolute atomic E-state index is 4.30. The highest BCUT2D eigenvalue weighted by Gasteiger charge is 2.18. The second-order valence-electron chi connectivity index (χ2n) is 5.92. The minimum absolute atomic E-state index is 0.350. The van der Waals surface area contributed by atoms with Crippen molar-refractivity contribution in [3.05, 3.63) is 67.0 Å². The van der Waals surface area contributed by atoms with Crippen LogP contribution in [0.2, 0.25) is 0 Å². The molecule has 0 atom stereocenters. The van der Waals surface area contributed by atoms with E-state index < -0.39 is 0 Å². The topological polar surface area (TPSA) is 16.1 Å². The van der Waals surface area contributed by atoms with Crippen LogP contribution in [-0.2, 0) is 0 Å². The molecule has 23 heavy (non-hydrogen) atoms. The van der Waals surface area contributed by atoms with Crippen LogP contribution >= 0.6 is 11.3 Å². The summed E-state index contributed by atoms with van der Waals surface area (Å²) in [4.78, 5) is 6.67. The normalized spacial score (nSPS) is 11.4. The maximum atomic E-state index is 4.30. The molecule has 0 N–H and O–H groups in total. The van der Waals surface area contributed by atoms with Crippen molar-refractivity contribution >= 4 is 42.9 Å².